The number of hydrogen-bond acceptors (Lipinski definition) is 11. The Bertz CT molecular complexity index is 5310. The number of thiophene rings is 10. The molecule has 0 aliphatic heterocycles. The highest BCUT2D eigenvalue weighted by molar-refractivity contribution is 7.31. The van der Waals surface area contributed by atoms with Crippen LogP contribution in [-0.2, 0) is 25.7 Å². The van der Waals surface area contributed by atoms with Crippen LogP contribution in [0.3, 0.4) is 0 Å². The third-order valence-corrected chi connectivity index (χ3v) is 35.3. The third-order valence-electron chi connectivity index (χ3n) is 23.0. The first-order chi connectivity index (χ1) is 51.3. The molecule has 0 fully saturated rings. The maximum absolute atomic E-state index is 15.4. The van der Waals surface area contributed by atoms with Crippen molar-refractivity contribution in [1.82, 2.24) is 0 Å². The molecule has 0 saturated heterocycles. The Morgan fingerprint density at radius 1 is 0.349 bits per heavy atom. The first-order valence-corrected chi connectivity index (χ1v) is 47.6. The number of carbonyl (C=O) groups excluding carboxylic acids is 1. The zero-order valence-corrected chi connectivity index (χ0v) is 72.3. The second-order valence-corrected chi connectivity index (χ2v) is 42.6. The van der Waals surface area contributed by atoms with E-state index < -0.39 is 10.8 Å². The van der Waals surface area contributed by atoms with Gasteiger partial charge in [0.05, 0.1) is 4.88 Å². The summed E-state index contributed by atoms with van der Waals surface area (Å²) in [5, 5.41) is 6.82. The van der Waals surface area contributed by atoms with Gasteiger partial charge in [-0.25, -0.2) is 0 Å². The van der Waals surface area contributed by atoms with Crippen LogP contribution in [0, 0.1) is 21.7 Å². The van der Waals surface area contributed by atoms with E-state index in [0.717, 1.165) is 41.0 Å². The number of fused-ring (bicyclic) bond motifs is 1. The van der Waals surface area contributed by atoms with E-state index in [1.807, 2.05) is 90.7 Å². The van der Waals surface area contributed by atoms with E-state index in [-0.39, 0.29) is 16.6 Å². The molecule has 10 aromatic heterocycles. The SMILES string of the molecule is CCCCCCc1c(-c2ccc(-c3cccs3)s2)sc(-c2ccc(-c3ccc(C(=O)c4ccc5c(c4)=C4C=C(C(C)(C)C)C=C6C=C(c7ccc(-c8ccc(-c9sc(-c%10ccc(-c%11cccs%11)s%10)c(CCCCCC)c9CCCCCC)s8)s7)C7=CC(C(C)(C)C)=CC=5[C@@]7(C)[C@@]64C)s3)s2)c1CCCCCC. The van der Waals surface area contributed by atoms with Gasteiger partial charge in [-0.3, -0.25) is 4.79 Å². The molecule has 4 aliphatic rings. The molecule has 0 saturated carbocycles. The van der Waals surface area contributed by atoms with Crippen molar-refractivity contribution in [3.63, 3.8) is 0 Å². The minimum absolute atomic E-state index is 0.0918. The summed E-state index contributed by atoms with van der Waals surface area (Å²) >= 11 is 19.3. The fourth-order valence-electron chi connectivity index (χ4n) is 16.7. The monoisotopic (exact) mass is 1580 g/mol. The minimum Gasteiger partial charge on any atom is -0.288 e. The molecular formula is C95H102OS10. The maximum atomic E-state index is 15.4. The molecule has 548 valence electrons. The zero-order valence-electron chi connectivity index (χ0n) is 64.1. The fraction of sp³-hybridized carbons (Fsp3) is 0.379. The van der Waals surface area contributed by atoms with Crippen LogP contribution in [0.1, 0.15) is 228 Å². The number of allylic oxidation sites excluding steroid dienone is 10. The molecule has 106 heavy (non-hydrogen) atoms. The highest BCUT2D eigenvalue weighted by atomic mass is 32.1. The Labute approximate surface area is 672 Å². The number of rotatable bonds is 31. The average molecular weight is 1580 g/mol. The van der Waals surface area contributed by atoms with Gasteiger partial charge in [0.1, 0.15) is 0 Å². The van der Waals surface area contributed by atoms with E-state index in [1.165, 1.54) is 230 Å². The fourth-order valence-corrected chi connectivity index (χ4v) is 27.9. The molecule has 0 bridgehead atoms. The number of unbranched alkanes of at least 4 members (excludes halogenated alkanes) is 12. The molecule has 2 atom stereocenters. The second kappa shape index (κ2) is 32.0. The van der Waals surface area contributed by atoms with Gasteiger partial charge in [-0.2, -0.15) is 0 Å². The van der Waals surface area contributed by atoms with E-state index in [0.29, 0.717) is 0 Å². The summed E-state index contributed by atoms with van der Waals surface area (Å²) in [5.74, 6) is 0.0918. The second-order valence-electron chi connectivity index (χ2n) is 32.2. The summed E-state index contributed by atoms with van der Waals surface area (Å²) in [4.78, 5) is 39.6. The number of hydrogen-bond donors (Lipinski definition) is 0. The number of benzene rings is 1. The lowest BCUT2D eigenvalue weighted by molar-refractivity contribution is 0.104. The van der Waals surface area contributed by atoms with Crippen molar-refractivity contribution in [3.05, 3.63) is 227 Å². The highest BCUT2D eigenvalue weighted by Crippen LogP contribution is 2.69. The molecule has 0 N–H and O–H groups in total. The molecule has 11 aromatic rings. The Kier molecular flexibility index (Phi) is 22.8. The summed E-state index contributed by atoms with van der Waals surface area (Å²) in [6, 6.07) is 44.0. The summed E-state index contributed by atoms with van der Waals surface area (Å²) in [6.45, 7) is 28.6. The lowest BCUT2D eigenvalue weighted by Crippen LogP contribution is -2.55. The van der Waals surface area contributed by atoms with Crippen LogP contribution in [0.5, 0.6) is 0 Å². The molecule has 4 aliphatic carbocycles. The van der Waals surface area contributed by atoms with Crippen LogP contribution in [0.2, 0.25) is 0 Å². The number of carbonyl (C=O) groups is 1. The van der Waals surface area contributed by atoms with Crippen molar-refractivity contribution in [2.45, 2.75) is 212 Å². The van der Waals surface area contributed by atoms with Crippen molar-refractivity contribution in [2.75, 3.05) is 0 Å². The Morgan fingerprint density at radius 3 is 1.14 bits per heavy atom. The minimum atomic E-state index is -0.431. The molecule has 11 heteroatoms. The van der Waals surface area contributed by atoms with E-state index in [1.54, 1.807) is 33.6 Å². The van der Waals surface area contributed by atoms with Crippen LogP contribution in [0.15, 0.2) is 179 Å². The van der Waals surface area contributed by atoms with Crippen molar-refractivity contribution in [1.29, 1.82) is 0 Å². The van der Waals surface area contributed by atoms with Crippen LogP contribution >= 0.6 is 113 Å². The van der Waals surface area contributed by atoms with Crippen molar-refractivity contribution in [2.24, 2.45) is 21.7 Å². The van der Waals surface area contributed by atoms with Crippen LogP contribution in [-0.4, -0.2) is 5.78 Å². The molecule has 0 spiro atoms. The first kappa shape index (κ1) is 75.7. The smallest absolute Gasteiger partial charge is 0.202 e. The molecule has 10 heterocycles. The quantitative estimate of drug-likeness (QED) is 0.0313. The van der Waals surface area contributed by atoms with Gasteiger partial charge in [0, 0.05) is 99.3 Å². The maximum Gasteiger partial charge on any atom is 0.202 e. The van der Waals surface area contributed by atoms with E-state index in [4.69, 9.17) is 0 Å². The van der Waals surface area contributed by atoms with Gasteiger partial charge in [-0.05, 0) is 242 Å². The van der Waals surface area contributed by atoms with Crippen LogP contribution in [0.4, 0.5) is 0 Å². The van der Waals surface area contributed by atoms with Gasteiger partial charge in [0.15, 0.2) is 0 Å². The standard InChI is InChI=1S/C95H102OS10/c1-13-17-21-25-31-64-66(33-27-23-19-15-3)90(105-88(64)83-47-42-76(101-83)74-35-29-51-97-74)85-49-44-80(103-85)78-40-39-73(99-78)69-55-62-54-60(92(5,6)7)56-71-68-53-59(37-38-63(68)70-57-61(93(8,9)10)58-72(69)95(70,12)94(62,71)11)87(96)82-46-41-79(100-82)81-45-50-86(104-81)91-67(34-28-24-20-16-4)65(32-26-22-18-14-2)89(106-91)84-48-43-77(102-84)75-36-30-52-98-75/h29-30,35-58H,13-28,31-34H2,1-12H3/t94-,95+/m0/s1. The molecule has 0 radical (unpaired) electrons. The molecule has 15 rings (SSSR count). The molecule has 0 unspecified atom stereocenters. The Hall–Kier alpha value is -5.67. The Morgan fingerprint density at radius 2 is 0.726 bits per heavy atom. The predicted octanol–water partition coefficient (Wildman–Crippen LogP) is 31.6. The largest absolute Gasteiger partial charge is 0.288 e. The van der Waals surface area contributed by atoms with E-state index in [9.17, 15) is 0 Å². The summed E-state index contributed by atoms with van der Waals surface area (Å²) in [7, 11) is 0. The Balaban J connectivity index is 0.774. The highest BCUT2D eigenvalue weighted by Gasteiger charge is 2.59. The average Bonchev–Trinajstić information content (AvgIpc) is 0.858. The molecule has 1 nitrogen and oxygen atoms in total. The van der Waals surface area contributed by atoms with Gasteiger partial charge < -0.3 is 0 Å². The van der Waals surface area contributed by atoms with Crippen molar-refractivity contribution in [3.8, 4) is 78.0 Å². The normalized spacial score (nSPS) is 17.0. The van der Waals surface area contributed by atoms with Crippen molar-refractivity contribution < 1.29 is 4.79 Å². The predicted molar refractivity (Wildman–Crippen MR) is 478 cm³/mol. The number of ketones is 1. The molecule has 0 amide bonds. The summed E-state index contributed by atoms with van der Waals surface area (Å²) in [6.07, 6.45) is 37.5. The van der Waals surface area contributed by atoms with Gasteiger partial charge in [-0.15, -0.1) is 113 Å². The van der Waals surface area contributed by atoms with Gasteiger partial charge >= 0.3 is 0 Å². The summed E-state index contributed by atoms with van der Waals surface area (Å²) in [5.41, 5.74) is 15.5. The third kappa shape index (κ3) is 14.6. The summed E-state index contributed by atoms with van der Waals surface area (Å²) < 4.78 is 0. The zero-order chi connectivity index (χ0) is 73.7. The van der Waals surface area contributed by atoms with E-state index >= 15 is 4.79 Å². The lowest BCUT2D eigenvalue weighted by atomic mass is 9.44. The van der Waals surface area contributed by atoms with E-state index in [2.05, 4.69) is 251 Å². The lowest BCUT2D eigenvalue weighted by Gasteiger charge is -2.58. The first-order valence-electron chi connectivity index (χ1n) is 39.3. The van der Waals surface area contributed by atoms with Crippen LogP contribution < -0.4 is 10.4 Å². The molecule has 1 aromatic carbocycles. The van der Waals surface area contributed by atoms with Gasteiger partial charge in [0.25, 0.3) is 0 Å². The molecular weight excluding hydrogens is 1480 g/mol. The van der Waals surface area contributed by atoms with Gasteiger partial charge in [-0.1, -0.05) is 209 Å². The van der Waals surface area contributed by atoms with Crippen molar-refractivity contribution >= 4 is 136 Å². The van der Waals surface area contributed by atoms with Crippen LogP contribution in [0.25, 0.3) is 94.8 Å². The van der Waals surface area contributed by atoms with Gasteiger partial charge in [0.2, 0.25) is 5.78 Å². The topological polar surface area (TPSA) is 17.1 Å².